The SMILES string of the molecule is Cc1ccc(C(=O)N2CCSC(c3cc(F)ccc3F)CC2)cc1C. The van der Waals surface area contributed by atoms with Crippen molar-refractivity contribution in [2.75, 3.05) is 18.8 Å². The van der Waals surface area contributed by atoms with Gasteiger partial charge in [-0.2, -0.15) is 11.8 Å². The lowest BCUT2D eigenvalue weighted by atomic mass is 10.0. The molecule has 0 N–H and O–H groups in total. The smallest absolute Gasteiger partial charge is 0.253 e. The Kier molecular flexibility index (Phi) is 5.42. The second-order valence-corrected chi connectivity index (χ2v) is 7.72. The topological polar surface area (TPSA) is 20.3 Å². The van der Waals surface area contributed by atoms with Crippen LogP contribution in [-0.4, -0.2) is 29.6 Å². The van der Waals surface area contributed by atoms with Crippen molar-refractivity contribution in [2.24, 2.45) is 0 Å². The number of hydrogen-bond acceptors (Lipinski definition) is 2. The number of carbonyl (C=O) groups is 1. The third kappa shape index (κ3) is 4.03. The highest BCUT2D eigenvalue weighted by Gasteiger charge is 2.25. The standard InChI is InChI=1S/C20H21F2NOS/c1-13-3-4-15(11-14(13)2)20(24)23-8-7-19(25-10-9-23)17-12-16(21)5-6-18(17)22/h3-6,11-12,19H,7-10H2,1-2H3. The molecule has 1 aliphatic heterocycles. The van der Waals surface area contributed by atoms with Crippen LogP contribution in [0, 0.1) is 25.5 Å². The molecular weight excluding hydrogens is 340 g/mol. The van der Waals surface area contributed by atoms with Crippen LogP contribution in [0.4, 0.5) is 8.78 Å². The molecule has 1 heterocycles. The van der Waals surface area contributed by atoms with Gasteiger partial charge in [0.25, 0.3) is 5.91 Å². The molecule has 0 radical (unpaired) electrons. The third-order valence-electron chi connectivity index (χ3n) is 4.69. The van der Waals surface area contributed by atoms with E-state index in [1.165, 1.54) is 12.1 Å². The van der Waals surface area contributed by atoms with Crippen LogP contribution in [0.5, 0.6) is 0 Å². The van der Waals surface area contributed by atoms with Crippen molar-refractivity contribution < 1.29 is 13.6 Å². The fraction of sp³-hybridized carbons (Fsp3) is 0.350. The summed E-state index contributed by atoms with van der Waals surface area (Å²) in [6, 6.07) is 9.31. The summed E-state index contributed by atoms with van der Waals surface area (Å²) in [5.74, 6) is -0.0989. The van der Waals surface area contributed by atoms with E-state index in [4.69, 9.17) is 0 Å². The molecular formula is C20H21F2NOS. The summed E-state index contributed by atoms with van der Waals surface area (Å²) < 4.78 is 27.5. The lowest BCUT2D eigenvalue weighted by Gasteiger charge is -2.21. The highest BCUT2D eigenvalue weighted by molar-refractivity contribution is 7.99. The number of halogens is 2. The normalized spacial score (nSPS) is 18.1. The predicted octanol–water partition coefficient (Wildman–Crippen LogP) is 4.90. The molecule has 1 unspecified atom stereocenters. The summed E-state index contributed by atoms with van der Waals surface area (Å²) in [4.78, 5) is 14.6. The Morgan fingerprint density at radius 1 is 1.08 bits per heavy atom. The average molecular weight is 361 g/mol. The summed E-state index contributed by atoms with van der Waals surface area (Å²) >= 11 is 1.58. The maximum atomic E-state index is 14.0. The van der Waals surface area contributed by atoms with E-state index in [1.54, 1.807) is 11.8 Å². The van der Waals surface area contributed by atoms with E-state index in [9.17, 15) is 13.6 Å². The van der Waals surface area contributed by atoms with E-state index in [2.05, 4.69) is 0 Å². The van der Waals surface area contributed by atoms with Gasteiger partial charge in [-0.25, -0.2) is 8.78 Å². The van der Waals surface area contributed by atoms with Gasteiger partial charge in [-0.15, -0.1) is 0 Å². The molecule has 1 fully saturated rings. The first-order chi connectivity index (χ1) is 12.0. The molecule has 0 spiro atoms. The molecule has 1 aliphatic rings. The van der Waals surface area contributed by atoms with Gasteiger partial charge in [0.15, 0.2) is 0 Å². The van der Waals surface area contributed by atoms with Crippen LogP contribution in [0.25, 0.3) is 0 Å². The van der Waals surface area contributed by atoms with Gasteiger partial charge in [-0.1, -0.05) is 6.07 Å². The number of carbonyl (C=O) groups excluding carboxylic acids is 1. The van der Waals surface area contributed by atoms with E-state index in [1.807, 2.05) is 36.9 Å². The first-order valence-electron chi connectivity index (χ1n) is 8.39. The van der Waals surface area contributed by atoms with Crippen molar-refractivity contribution in [3.63, 3.8) is 0 Å². The molecule has 25 heavy (non-hydrogen) atoms. The molecule has 0 aromatic heterocycles. The number of aryl methyl sites for hydroxylation is 2. The van der Waals surface area contributed by atoms with E-state index < -0.39 is 5.82 Å². The molecule has 3 rings (SSSR count). The van der Waals surface area contributed by atoms with Crippen LogP contribution >= 0.6 is 11.8 Å². The summed E-state index contributed by atoms with van der Waals surface area (Å²) in [6.45, 7) is 5.17. The number of hydrogen-bond donors (Lipinski definition) is 0. The highest BCUT2D eigenvalue weighted by Crippen LogP contribution is 2.36. The summed E-state index contributed by atoms with van der Waals surface area (Å²) in [5.41, 5.74) is 3.33. The van der Waals surface area contributed by atoms with Crippen molar-refractivity contribution in [2.45, 2.75) is 25.5 Å². The van der Waals surface area contributed by atoms with Crippen LogP contribution in [0.3, 0.4) is 0 Å². The third-order valence-corrected chi connectivity index (χ3v) is 6.00. The molecule has 0 saturated carbocycles. The summed E-state index contributed by atoms with van der Waals surface area (Å²) in [6.07, 6.45) is 0.613. The number of nitrogens with zero attached hydrogens (tertiary/aromatic N) is 1. The zero-order valence-corrected chi connectivity index (χ0v) is 15.2. The molecule has 0 bridgehead atoms. The van der Waals surface area contributed by atoms with Crippen molar-refractivity contribution in [3.05, 3.63) is 70.3 Å². The van der Waals surface area contributed by atoms with Gasteiger partial charge in [-0.05, 0) is 61.7 Å². The van der Waals surface area contributed by atoms with Crippen LogP contribution in [0.1, 0.15) is 38.7 Å². The summed E-state index contributed by atoms with van der Waals surface area (Å²) in [7, 11) is 0. The molecule has 2 aromatic carbocycles. The minimum absolute atomic E-state index is 0.00376. The lowest BCUT2D eigenvalue weighted by Crippen LogP contribution is -2.33. The van der Waals surface area contributed by atoms with E-state index in [0.29, 0.717) is 36.4 Å². The molecule has 132 valence electrons. The Labute approximate surface area is 151 Å². The zero-order chi connectivity index (χ0) is 18.0. The van der Waals surface area contributed by atoms with E-state index in [0.717, 1.165) is 17.2 Å². The minimum atomic E-state index is -0.427. The largest absolute Gasteiger partial charge is 0.338 e. The number of rotatable bonds is 2. The monoisotopic (exact) mass is 361 g/mol. The van der Waals surface area contributed by atoms with Crippen molar-refractivity contribution in [1.82, 2.24) is 4.90 Å². The highest BCUT2D eigenvalue weighted by atomic mass is 32.2. The predicted molar refractivity (Wildman–Crippen MR) is 98.0 cm³/mol. The molecule has 2 nitrogen and oxygen atoms in total. The van der Waals surface area contributed by atoms with Crippen LogP contribution in [0.15, 0.2) is 36.4 Å². The molecule has 1 saturated heterocycles. The lowest BCUT2D eigenvalue weighted by molar-refractivity contribution is 0.0766. The van der Waals surface area contributed by atoms with Gasteiger partial charge in [0.1, 0.15) is 11.6 Å². The molecule has 0 aliphatic carbocycles. The van der Waals surface area contributed by atoms with E-state index >= 15 is 0 Å². The quantitative estimate of drug-likeness (QED) is 0.758. The Morgan fingerprint density at radius 3 is 2.64 bits per heavy atom. The second kappa shape index (κ2) is 7.56. The Balaban J connectivity index is 1.73. The first kappa shape index (κ1) is 17.9. The van der Waals surface area contributed by atoms with Gasteiger partial charge in [0, 0.05) is 35.2 Å². The van der Waals surface area contributed by atoms with Crippen LogP contribution in [-0.2, 0) is 0 Å². The fourth-order valence-corrected chi connectivity index (χ4v) is 4.28. The van der Waals surface area contributed by atoms with Crippen molar-refractivity contribution in [1.29, 1.82) is 0 Å². The molecule has 1 atom stereocenters. The van der Waals surface area contributed by atoms with E-state index in [-0.39, 0.29) is 17.0 Å². The fourth-order valence-electron chi connectivity index (χ4n) is 3.04. The van der Waals surface area contributed by atoms with Gasteiger partial charge in [-0.3, -0.25) is 4.79 Å². The minimum Gasteiger partial charge on any atom is -0.338 e. The second-order valence-electron chi connectivity index (χ2n) is 6.41. The average Bonchev–Trinajstić information content (AvgIpc) is 2.85. The number of thioether (sulfide) groups is 1. The van der Waals surface area contributed by atoms with Gasteiger partial charge < -0.3 is 4.90 Å². The zero-order valence-electron chi connectivity index (χ0n) is 14.4. The number of amides is 1. The Bertz CT molecular complexity index is 793. The summed E-state index contributed by atoms with van der Waals surface area (Å²) in [5, 5.41) is -0.131. The Hall–Kier alpha value is -1.88. The maximum absolute atomic E-state index is 14.0. The van der Waals surface area contributed by atoms with Crippen LogP contribution in [0.2, 0.25) is 0 Å². The van der Waals surface area contributed by atoms with Gasteiger partial charge >= 0.3 is 0 Å². The molecule has 1 amide bonds. The first-order valence-corrected chi connectivity index (χ1v) is 9.43. The molecule has 5 heteroatoms. The van der Waals surface area contributed by atoms with Crippen molar-refractivity contribution in [3.8, 4) is 0 Å². The number of benzene rings is 2. The van der Waals surface area contributed by atoms with Gasteiger partial charge in [0.2, 0.25) is 0 Å². The van der Waals surface area contributed by atoms with Gasteiger partial charge in [0.05, 0.1) is 0 Å². The molecule has 2 aromatic rings. The maximum Gasteiger partial charge on any atom is 0.253 e. The Morgan fingerprint density at radius 2 is 1.88 bits per heavy atom. The van der Waals surface area contributed by atoms with Crippen LogP contribution < -0.4 is 0 Å². The van der Waals surface area contributed by atoms with Crippen molar-refractivity contribution >= 4 is 17.7 Å².